The number of carbonyl (C=O) groups is 1. The first kappa shape index (κ1) is 8.80. The second-order valence-corrected chi connectivity index (χ2v) is 3.39. The number of carboxylic acid groups (broad SMARTS) is 1. The van der Waals surface area contributed by atoms with Gasteiger partial charge in [-0.15, -0.1) is 0 Å². The van der Waals surface area contributed by atoms with E-state index in [-0.39, 0.29) is 5.69 Å². The van der Waals surface area contributed by atoms with Crippen LogP contribution in [0.1, 0.15) is 21.7 Å². The number of aromatic amines is 1. The molecule has 74 valence electrons. The molecule has 4 N–H and O–H groups in total. The summed E-state index contributed by atoms with van der Waals surface area (Å²) in [7, 11) is 0. The molecule has 1 aromatic rings. The first-order valence-corrected chi connectivity index (χ1v) is 4.40. The predicted molar refractivity (Wildman–Crippen MR) is 49.8 cm³/mol. The number of nitrogens with two attached hydrogens (primary N) is 1. The molecule has 0 amide bonds. The molecule has 0 aliphatic heterocycles. The van der Waals surface area contributed by atoms with Gasteiger partial charge in [-0.2, -0.15) is 5.10 Å². The van der Waals surface area contributed by atoms with Crippen molar-refractivity contribution in [3.8, 4) is 0 Å². The number of aromatic carboxylic acids is 1. The number of carboxylic acids is 1. The Bertz CT molecular complexity index is 395. The highest BCUT2D eigenvalue weighted by molar-refractivity contribution is 5.87. The highest BCUT2D eigenvalue weighted by Gasteiger charge is 2.27. The average Bonchev–Trinajstić information content (AvgIpc) is 2.62. The van der Waals surface area contributed by atoms with Crippen LogP contribution in [-0.2, 0) is 12.8 Å². The van der Waals surface area contributed by atoms with Crippen molar-refractivity contribution in [1.82, 2.24) is 10.2 Å². The number of allylic oxidation sites excluding steroid dienone is 1. The second kappa shape index (κ2) is 3.17. The zero-order chi connectivity index (χ0) is 10.1. The fourth-order valence-electron chi connectivity index (χ4n) is 1.86. The largest absolute Gasteiger partial charge is 0.476 e. The van der Waals surface area contributed by atoms with E-state index < -0.39 is 5.97 Å². The van der Waals surface area contributed by atoms with E-state index in [1.165, 1.54) is 6.20 Å². The number of nitrogens with one attached hydrogen (secondary N) is 1. The number of hydrogen-bond donors (Lipinski definition) is 3. The zero-order valence-corrected chi connectivity index (χ0v) is 7.53. The van der Waals surface area contributed by atoms with Crippen LogP contribution in [0.15, 0.2) is 12.3 Å². The van der Waals surface area contributed by atoms with E-state index in [1.54, 1.807) is 0 Å². The summed E-state index contributed by atoms with van der Waals surface area (Å²) in [4.78, 5) is 10.8. The quantitative estimate of drug-likeness (QED) is 0.629. The molecule has 5 nitrogen and oxygen atoms in total. The van der Waals surface area contributed by atoms with Gasteiger partial charge in [0.2, 0.25) is 0 Å². The number of fused-ring (bicyclic) bond motifs is 1. The summed E-state index contributed by atoms with van der Waals surface area (Å²) in [6.07, 6.45) is 4.90. The van der Waals surface area contributed by atoms with Crippen LogP contribution in [0, 0.1) is 5.92 Å². The third-order valence-corrected chi connectivity index (χ3v) is 2.47. The third-order valence-electron chi connectivity index (χ3n) is 2.47. The molecule has 0 spiro atoms. The summed E-state index contributed by atoms with van der Waals surface area (Å²) in [5, 5.41) is 15.3. The zero-order valence-electron chi connectivity index (χ0n) is 7.53. The highest BCUT2D eigenvalue weighted by atomic mass is 16.4. The van der Waals surface area contributed by atoms with E-state index in [2.05, 4.69) is 10.2 Å². The van der Waals surface area contributed by atoms with Gasteiger partial charge >= 0.3 is 5.97 Å². The highest BCUT2D eigenvalue weighted by Crippen LogP contribution is 2.28. The van der Waals surface area contributed by atoms with E-state index in [0.717, 1.165) is 17.7 Å². The van der Waals surface area contributed by atoms with E-state index in [9.17, 15) is 4.79 Å². The van der Waals surface area contributed by atoms with Crippen LogP contribution in [0.2, 0.25) is 0 Å². The number of hydrogen-bond acceptors (Lipinski definition) is 3. The van der Waals surface area contributed by atoms with Crippen molar-refractivity contribution in [2.24, 2.45) is 11.7 Å². The van der Waals surface area contributed by atoms with Crippen molar-refractivity contribution in [2.75, 3.05) is 0 Å². The molecule has 0 saturated heterocycles. The lowest BCUT2D eigenvalue weighted by Crippen LogP contribution is -2.03. The second-order valence-electron chi connectivity index (χ2n) is 3.39. The molecule has 2 rings (SSSR count). The lowest BCUT2D eigenvalue weighted by Gasteiger charge is -1.99. The van der Waals surface area contributed by atoms with Crippen LogP contribution in [0.4, 0.5) is 0 Å². The molecule has 1 aliphatic rings. The van der Waals surface area contributed by atoms with Crippen LogP contribution >= 0.6 is 0 Å². The molecule has 14 heavy (non-hydrogen) atoms. The van der Waals surface area contributed by atoms with E-state index >= 15 is 0 Å². The van der Waals surface area contributed by atoms with Gasteiger partial charge in [-0.3, -0.25) is 5.10 Å². The molecule has 0 radical (unpaired) electrons. The van der Waals surface area contributed by atoms with Crippen molar-refractivity contribution in [3.05, 3.63) is 29.2 Å². The fraction of sp³-hybridized carbons (Fsp3) is 0.333. The molecule has 1 atom stereocenters. The molecule has 1 unspecified atom stereocenters. The maximum absolute atomic E-state index is 10.8. The Kier molecular flexibility index (Phi) is 1.99. The van der Waals surface area contributed by atoms with Crippen LogP contribution in [0.3, 0.4) is 0 Å². The summed E-state index contributed by atoms with van der Waals surface area (Å²) in [6.45, 7) is 0. The molecule has 0 fully saturated rings. The molecular formula is C9H11N3O2. The van der Waals surface area contributed by atoms with Crippen molar-refractivity contribution in [1.29, 1.82) is 0 Å². The maximum atomic E-state index is 10.8. The minimum atomic E-state index is -0.972. The molecule has 5 heteroatoms. The number of aromatic nitrogens is 2. The maximum Gasteiger partial charge on any atom is 0.356 e. The summed E-state index contributed by atoms with van der Waals surface area (Å²) in [5.74, 6) is -0.665. The van der Waals surface area contributed by atoms with Gasteiger partial charge in [-0.1, -0.05) is 6.08 Å². The minimum absolute atomic E-state index is 0.146. The number of rotatable bonds is 2. The van der Waals surface area contributed by atoms with Crippen molar-refractivity contribution < 1.29 is 9.90 Å². The van der Waals surface area contributed by atoms with Crippen molar-refractivity contribution in [3.63, 3.8) is 0 Å². The monoisotopic (exact) mass is 193 g/mol. The predicted octanol–water partition coefficient (Wildman–Crippen LogP) is 0.295. The first-order chi connectivity index (χ1) is 6.72. The average molecular weight is 193 g/mol. The third kappa shape index (κ3) is 1.26. The molecular weight excluding hydrogens is 182 g/mol. The lowest BCUT2D eigenvalue weighted by molar-refractivity contribution is 0.0689. The van der Waals surface area contributed by atoms with Gasteiger partial charge < -0.3 is 10.8 Å². The molecule has 1 aliphatic carbocycles. The Morgan fingerprint density at radius 3 is 3.07 bits per heavy atom. The summed E-state index contributed by atoms with van der Waals surface area (Å²) in [6, 6.07) is 0. The van der Waals surface area contributed by atoms with Crippen molar-refractivity contribution >= 4 is 5.97 Å². The Hall–Kier alpha value is -1.78. The van der Waals surface area contributed by atoms with E-state index in [1.807, 2.05) is 6.08 Å². The Morgan fingerprint density at radius 2 is 2.43 bits per heavy atom. The van der Waals surface area contributed by atoms with Crippen LogP contribution in [0.5, 0.6) is 0 Å². The molecule has 1 aromatic heterocycles. The molecule has 0 aromatic carbocycles. The van der Waals surface area contributed by atoms with Crippen LogP contribution < -0.4 is 5.73 Å². The Balaban J connectivity index is 2.28. The molecule has 1 heterocycles. The standard InChI is InChI=1S/C9H11N3O2/c10-2-1-5-3-6-7(4-5)11-12-8(6)9(13)14/h1-2,5H,3-4,10H2,(H,11,12)(H,13,14)/b2-1+. The van der Waals surface area contributed by atoms with Gasteiger partial charge in [-0.25, -0.2) is 4.79 Å². The number of nitrogens with zero attached hydrogens (tertiary/aromatic N) is 1. The summed E-state index contributed by atoms with van der Waals surface area (Å²) < 4.78 is 0. The first-order valence-electron chi connectivity index (χ1n) is 4.40. The van der Waals surface area contributed by atoms with Gasteiger partial charge in [-0.05, 0) is 25.0 Å². The smallest absolute Gasteiger partial charge is 0.356 e. The molecule has 0 bridgehead atoms. The van der Waals surface area contributed by atoms with E-state index in [0.29, 0.717) is 12.3 Å². The minimum Gasteiger partial charge on any atom is -0.476 e. The van der Waals surface area contributed by atoms with Crippen molar-refractivity contribution in [2.45, 2.75) is 12.8 Å². The van der Waals surface area contributed by atoms with Crippen LogP contribution in [-0.4, -0.2) is 21.3 Å². The van der Waals surface area contributed by atoms with Gasteiger partial charge in [0.1, 0.15) is 0 Å². The SMILES string of the molecule is N/C=C/C1Cc2[nH]nc(C(=O)O)c2C1. The Labute approximate surface area is 80.6 Å². The van der Waals surface area contributed by atoms with E-state index in [4.69, 9.17) is 10.8 Å². The van der Waals surface area contributed by atoms with Gasteiger partial charge in [0.15, 0.2) is 5.69 Å². The topological polar surface area (TPSA) is 92.0 Å². The van der Waals surface area contributed by atoms with Gasteiger partial charge in [0.05, 0.1) is 0 Å². The fourth-order valence-corrected chi connectivity index (χ4v) is 1.86. The Morgan fingerprint density at radius 1 is 1.64 bits per heavy atom. The lowest BCUT2D eigenvalue weighted by atomic mass is 10.1. The number of H-pyrrole nitrogens is 1. The van der Waals surface area contributed by atoms with Gasteiger partial charge in [0.25, 0.3) is 0 Å². The molecule has 0 saturated carbocycles. The van der Waals surface area contributed by atoms with Crippen LogP contribution in [0.25, 0.3) is 0 Å². The normalized spacial score (nSPS) is 20.1. The summed E-state index contributed by atoms with van der Waals surface area (Å²) >= 11 is 0. The van der Waals surface area contributed by atoms with Gasteiger partial charge in [0, 0.05) is 11.3 Å². The summed E-state index contributed by atoms with van der Waals surface area (Å²) in [5.41, 5.74) is 7.18.